The fourth-order valence-corrected chi connectivity index (χ4v) is 3.05. The number of piperazine rings is 1. The first-order valence-corrected chi connectivity index (χ1v) is 7.29. The van der Waals surface area contributed by atoms with Crippen molar-refractivity contribution in [2.75, 3.05) is 39.3 Å². The molecule has 2 heterocycles. The molecule has 110 valence electrons. The Kier molecular flexibility index (Phi) is 4.01. The first-order valence-electron chi connectivity index (χ1n) is 7.29. The molecule has 1 aromatic rings. The largest absolute Gasteiger partial charge is 0.314 e. The minimum atomic E-state index is -0.368. The molecule has 0 aliphatic carbocycles. The molecule has 1 atom stereocenters. The smallest absolute Gasteiger partial charge is 0.128 e. The summed E-state index contributed by atoms with van der Waals surface area (Å²) >= 11 is 0. The maximum Gasteiger partial charge on any atom is 0.128 e. The number of benzene rings is 1. The van der Waals surface area contributed by atoms with Gasteiger partial charge in [0, 0.05) is 56.9 Å². The van der Waals surface area contributed by atoms with Crippen LogP contribution in [0.3, 0.4) is 0 Å². The van der Waals surface area contributed by atoms with Gasteiger partial charge < -0.3 is 5.32 Å². The van der Waals surface area contributed by atoms with Gasteiger partial charge in [-0.2, -0.15) is 0 Å². The number of hydrogen-bond donors (Lipinski definition) is 1. The highest BCUT2D eigenvalue weighted by molar-refractivity contribution is 5.22. The Morgan fingerprint density at radius 2 is 1.85 bits per heavy atom. The van der Waals surface area contributed by atoms with Crippen molar-refractivity contribution in [1.82, 2.24) is 15.1 Å². The van der Waals surface area contributed by atoms with Gasteiger partial charge >= 0.3 is 0 Å². The maximum absolute atomic E-state index is 13.8. The molecule has 0 spiro atoms. The van der Waals surface area contributed by atoms with E-state index in [1.54, 1.807) is 0 Å². The molecular formula is C15H21F2N3. The summed E-state index contributed by atoms with van der Waals surface area (Å²) in [7, 11) is 0. The fraction of sp³-hybridized carbons (Fsp3) is 0.600. The van der Waals surface area contributed by atoms with Crippen LogP contribution in [0.15, 0.2) is 18.2 Å². The summed E-state index contributed by atoms with van der Waals surface area (Å²) in [5, 5.41) is 3.29. The topological polar surface area (TPSA) is 18.5 Å². The van der Waals surface area contributed by atoms with Crippen molar-refractivity contribution >= 4 is 0 Å². The van der Waals surface area contributed by atoms with Crippen LogP contribution in [-0.4, -0.2) is 55.1 Å². The quantitative estimate of drug-likeness (QED) is 0.908. The van der Waals surface area contributed by atoms with E-state index < -0.39 is 0 Å². The highest BCUT2D eigenvalue weighted by Crippen LogP contribution is 2.25. The van der Waals surface area contributed by atoms with Crippen LogP contribution in [-0.2, 0) is 0 Å². The van der Waals surface area contributed by atoms with Crippen LogP contribution in [0.2, 0.25) is 0 Å². The van der Waals surface area contributed by atoms with Crippen LogP contribution in [0.1, 0.15) is 18.5 Å². The Bertz CT molecular complexity index is 468. The molecular weight excluding hydrogens is 260 g/mol. The van der Waals surface area contributed by atoms with Gasteiger partial charge in [-0.15, -0.1) is 0 Å². The lowest BCUT2D eigenvalue weighted by molar-refractivity contribution is 0.0544. The highest BCUT2D eigenvalue weighted by Gasteiger charge is 2.30. The highest BCUT2D eigenvalue weighted by atomic mass is 19.1. The third kappa shape index (κ3) is 2.71. The minimum absolute atomic E-state index is 0.0765. The Labute approximate surface area is 118 Å². The van der Waals surface area contributed by atoms with E-state index in [4.69, 9.17) is 0 Å². The van der Waals surface area contributed by atoms with Crippen LogP contribution in [0, 0.1) is 11.6 Å². The predicted octanol–water partition coefficient (Wildman–Crippen LogP) is 1.62. The summed E-state index contributed by atoms with van der Waals surface area (Å²) in [6.45, 7) is 7.95. The molecule has 5 heteroatoms. The van der Waals surface area contributed by atoms with Crippen molar-refractivity contribution < 1.29 is 8.78 Å². The van der Waals surface area contributed by atoms with E-state index in [1.165, 1.54) is 18.2 Å². The summed E-state index contributed by atoms with van der Waals surface area (Å²) in [6, 6.07) is 4.30. The van der Waals surface area contributed by atoms with E-state index in [1.807, 2.05) is 6.92 Å². The van der Waals surface area contributed by atoms with Gasteiger partial charge in [0.2, 0.25) is 0 Å². The molecule has 2 aliphatic rings. The average Bonchev–Trinajstić information content (AvgIpc) is 2.40. The zero-order valence-corrected chi connectivity index (χ0v) is 11.8. The maximum atomic E-state index is 13.8. The molecule has 3 rings (SSSR count). The van der Waals surface area contributed by atoms with E-state index in [-0.39, 0.29) is 17.7 Å². The molecule has 3 nitrogen and oxygen atoms in total. The second-order valence-corrected chi connectivity index (χ2v) is 5.73. The van der Waals surface area contributed by atoms with Crippen molar-refractivity contribution in [3.8, 4) is 0 Å². The molecule has 2 fully saturated rings. The van der Waals surface area contributed by atoms with Crippen LogP contribution < -0.4 is 5.32 Å². The number of nitrogens with one attached hydrogen (secondary N) is 1. The van der Waals surface area contributed by atoms with E-state index in [9.17, 15) is 8.78 Å². The van der Waals surface area contributed by atoms with E-state index in [0.29, 0.717) is 11.6 Å². The third-order valence-corrected chi connectivity index (χ3v) is 4.58. The van der Waals surface area contributed by atoms with Crippen LogP contribution in [0.25, 0.3) is 0 Å². The van der Waals surface area contributed by atoms with Gasteiger partial charge in [-0.05, 0) is 25.1 Å². The first kappa shape index (κ1) is 13.9. The second-order valence-electron chi connectivity index (χ2n) is 5.73. The van der Waals surface area contributed by atoms with Crippen molar-refractivity contribution in [3.63, 3.8) is 0 Å². The van der Waals surface area contributed by atoms with Gasteiger partial charge in [0.05, 0.1) is 0 Å². The Balaban J connectivity index is 1.63. The molecule has 0 amide bonds. The van der Waals surface area contributed by atoms with Crippen molar-refractivity contribution in [3.05, 3.63) is 35.4 Å². The lowest BCUT2D eigenvalue weighted by atomic mass is 10.0. The number of halogens is 2. The zero-order chi connectivity index (χ0) is 14.1. The molecule has 0 bridgehead atoms. The van der Waals surface area contributed by atoms with Gasteiger partial charge in [0.25, 0.3) is 0 Å². The molecule has 0 saturated carbocycles. The van der Waals surface area contributed by atoms with Crippen LogP contribution in [0.4, 0.5) is 8.78 Å². The summed E-state index contributed by atoms with van der Waals surface area (Å²) in [4.78, 5) is 4.72. The summed E-state index contributed by atoms with van der Waals surface area (Å²) < 4.78 is 27.1. The first-order chi connectivity index (χ1) is 9.65. The van der Waals surface area contributed by atoms with Crippen LogP contribution >= 0.6 is 0 Å². The van der Waals surface area contributed by atoms with Gasteiger partial charge in [-0.1, -0.05) is 0 Å². The second kappa shape index (κ2) is 5.76. The molecule has 2 saturated heterocycles. The van der Waals surface area contributed by atoms with Crippen molar-refractivity contribution in [2.45, 2.75) is 19.0 Å². The molecule has 2 aliphatic heterocycles. The van der Waals surface area contributed by atoms with Crippen molar-refractivity contribution in [1.29, 1.82) is 0 Å². The Morgan fingerprint density at radius 3 is 2.45 bits per heavy atom. The van der Waals surface area contributed by atoms with Gasteiger partial charge in [-0.25, -0.2) is 8.78 Å². The lowest BCUT2D eigenvalue weighted by Gasteiger charge is -2.44. The normalized spacial score (nSPS) is 23.6. The van der Waals surface area contributed by atoms with E-state index >= 15 is 0 Å². The molecule has 1 aromatic carbocycles. The predicted molar refractivity (Wildman–Crippen MR) is 74.6 cm³/mol. The number of rotatable bonds is 3. The Morgan fingerprint density at radius 1 is 1.15 bits per heavy atom. The Hall–Kier alpha value is -1.04. The average molecular weight is 281 g/mol. The van der Waals surface area contributed by atoms with Gasteiger partial charge in [-0.3, -0.25) is 9.80 Å². The number of hydrogen-bond acceptors (Lipinski definition) is 3. The molecule has 0 radical (unpaired) electrons. The molecule has 0 aromatic heterocycles. The summed E-state index contributed by atoms with van der Waals surface area (Å²) in [6.07, 6.45) is 0. The SMILES string of the molecule is CC(c1cc(F)ccc1F)N1CCN(C2CNC2)CC1. The summed E-state index contributed by atoms with van der Waals surface area (Å²) in [5.74, 6) is -0.683. The zero-order valence-electron chi connectivity index (χ0n) is 11.8. The fourth-order valence-electron chi connectivity index (χ4n) is 3.05. The molecule has 1 unspecified atom stereocenters. The third-order valence-electron chi connectivity index (χ3n) is 4.58. The van der Waals surface area contributed by atoms with Gasteiger partial charge in [0.1, 0.15) is 11.6 Å². The minimum Gasteiger partial charge on any atom is -0.314 e. The van der Waals surface area contributed by atoms with E-state index in [0.717, 1.165) is 39.3 Å². The van der Waals surface area contributed by atoms with Gasteiger partial charge in [0.15, 0.2) is 0 Å². The monoisotopic (exact) mass is 281 g/mol. The van der Waals surface area contributed by atoms with Crippen LogP contribution in [0.5, 0.6) is 0 Å². The number of nitrogens with zero attached hydrogens (tertiary/aromatic N) is 2. The standard InChI is InChI=1S/C15H21F2N3/c1-11(14-8-12(16)2-3-15(14)17)19-4-6-20(7-5-19)13-9-18-10-13/h2-3,8,11,13,18H,4-7,9-10H2,1H3. The summed E-state index contributed by atoms with van der Waals surface area (Å²) in [5.41, 5.74) is 0.462. The molecule has 1 N–H and O–H groups in total. The lowest BCUT2D eigenvalue weighted by Crippen LogP contribution is -2.61. The molecule has 20 heavy (non-hydrogen) atoms. The van der Waals surface area contributed by atoms with Crippen molar-refractivity contribution in [2.24, 2.45) is 0 Å². The van der Waals surface area contributed by atoms with E-state index in [2.05, 4.69) is 15.1 Å².